The predicted molar refractivity (Wildman–Crippen MR) is 161 cm³/mol. The third kappa shape index (κ3) is 7.77. The number of halogens is 1. The number of nitrogens with zero attached hydrogens (tertiary/aromatic N) is 4. The normalized spacial score (nSPS) is 17.1. The van der Waals surface area contributed by atoms with E-state index in [0.717, 1.165) is 54.6 Å². The van der Waals surface area contributed by atoms with Gasteiger partial charge in [0.15, 0.2) is 0 Å². The van der Waals surface area contributed by atoms with E-state index in [4.69, 9.17) is 30.5 Å². The quantitative estimate of drug-likeness (QED) is 0.145. The average molecular weight is 605 g/mol. The van der Waals surface area contributed by atoms with Crippen molar-refractivity contribution in [1.29, 1.82) is 0 Å². The molecular weight excluding hydrogens is 572 g/mol. The monoisotopic (exact) mass is 604 g/mol. The van der Waals surface area contributed by atoms with Crippen LogP contribution in [0.1, 0.15) is 30.4 Å². The SMILES string of the molecule is O=[N+]([O-])c1cn2c(n1)OC(COc1ccc(OC3CCN(Cc4ccc(OCc5ccc(Cl)cc5)cc4)CC3)cc1)CC2. The van der Waals surface area contributed by atoms with Crippen LogP contribution in [0.5, 0.6) is 23.3 Å². The minimum atomic E-state index is -0.519. The number of benzene rings is 3. The molecule has 2 aliphatic heterocycles. The highest BCUT2D eigenvalue weighted by atomic mass is 35.5. The number of ether oxygens (including phenoxy) is 4. The molecule has 1 aromatic heterocycles. The number of piperidine rings is 1. The van der Waals surface area contributed by atoms with Crippen molar-refractivity contribution in [3.8, 4) is 23.3 Å². The Morgan fingerprint density at radius 1 is 0.860 bits per heavy atom. The third-order valence-electron chi connectivity index (χ3n) is 7.62. The third-order valence-corrected chi connectivity index (χ3v) is 7.88. The van der Waals surface area contributed by atoms with Crippen LogP contribution in [-0.4, -0.2) is 51.3 Å². The predicted octanol–water partition coefficient (Wildman–Crippen LogP) is 6.30. The summed E-state index contributed by atoms with van der Waals surface area (Å²) in [6, 6.07) is 23.9. The van der Waals surface area contributed by atoms with Crippen LogP contribution in [-0.2, 0) is 19.7 Å². The van der Waals surface area contributed by atoms with Crippen molar-refractivity contribution < 1.29 is 23.9 Å². The summed E-state index contributed by atoms with van der Waals surface area (Å²) in [5, 5.41) is 11.7. The van der Waals surface area contributed by atoms with Crippen molar-refractivity contribution in [3.63, 3.8) is 0 Å². The van der Waals surface area contributed by atoms with E-state index < -0.39 is 4.92 Å². The van der Waals surface area contributed by atoms with Gasteiger partial charge in [-0.3, -0.25) is 9.47 Å². The van der Waals surface area contributed by atoms with Crippen LogP contribution in [0.2, 0.25) is 5.02 Å². The number of aromatic nitrogens is 2. The molecule has 1 fully saturated rings. The Morgan fingerprint density at radius 2 is 1.51 bits per heavy atom. The molecule has 4 aromatic rings. The van der Waals surface area contributed by atoms with Crippen LogP contribution in [0, 0.1) is 10.1 Å². The molecule has 43 heavy (non-hydrogen) atoms. The van der Waals surface area contributed by atoms with Crippen LogP contribution < -0.4 is 18.9 Å². The summed E-state index contributed by atoms with van der Waals surface area (Å²) >= 11 is 5.95. The molecule has 3 aromatic carbocycles. The maximum atomic E-state index is 10.9. The van der Waals surface area contributed by atoms with Crippen LogP contribution in [0.15, 0.2) is 79.0 Å². The summed E-state index contributed by atoms with van der Waals surface area (Å²) < 4.78 is 25.5. The fourth-order valence-corrected chi connectivity index (χ4v) is 5.34. The lowest BCUT2D eigenvalue weighted by molar-refractivity contribution is -0.389. The minimum Gasteiger partial charge on any atom is -0.490 e. The van der Waals surface area contributed by atoms with E-state index >= 15 is 0 Å². The van der Waals surface area contributed by atoms with E-state index in [9.17, 15) is 10.1 Å². The number of nitro groups is 1. The van der Waals surface area contributed by atoms with Gasteiger partial charge in [0.05, 0.1) is 0 Å². The van der Waals surface area contributed by atoms with Crippen LogP contribution in [0.4, 0.5) is 5.82 Å². The van der Waals surface area contributed by atoms with Gasteiger partial charge in [-0.1, -0.05) is 35.9 Å². The van der Waals surface area contributed by atoms with Gasteiger partial charge in [-0.2, -0.15) is 0 Å². The summed E-state index contributed by atoms with van der Waals surface area (Å²) in [6.45, 7) is 4.30. The number of likely N-dealkylation sites (tertiary alicyclic amines) is 1. The van der Waals surface area contributed by atoms with Crippen molar-refractivity contribution in [2.75, 3.05) is 19.7 Å². The number of rotatable bonds is 11. The van der Waals surface area contributed by atoms with Crippen molar-refractivity contribution in [3.05, 3.63) is 105 Å². The Kier molecular flexibility index (Phi) is 8.95. The second-order valence-corrected chi connectivity index (χ2v) is 11.2. The van der Waals surface area contributed by atoms with Gasteiger partial charge in [-0.15, -0.1) is 0 Å². The number of hydrogen-bond donors (Lipinski definition) is 0. The van der Waals surface area contributed by atoms with Gasteiger partial charge in [-0.25, -0.2) is 0 Å². The van der Waals surface area contributed by atoms with Crippen molar-refractivity contribution in [2.24, 2.45) is 0 Å². The van der Waals surface area contributed by atoms with Crippen LogP contribution >= 0.6 is 11.6 Å². The molecule has 224 valence electrons. The first-order chi connectivity index (χ1) is 21.0. The molecule has 6 rings (SSSR count). The van der Waals surface area contributed by atoms with Gasteiger partial charge in [0.1, 0.15) is 48.9 Å². The van der Waals surface area contributed by atoms with Crippen molar-refractivity contribution >= 4 is 17.4 Å². The molecule has 0 spiro atoms. The molecule has 0 aliphatic carbocycles. The number of hydrogen-bond acceptors (Lipinski definition) is 8. The Bertz CT molecular complexity index is 1500. The molecular formula is C32H33ClN4O6. The lowest BCUT2D eigenvalue weighted by Crippen LogP contribution is -2.37. The molecule has 0 saturated carbocycles. The van der Waals surface area contributed by atoms with Crippen molar-refractivity contribution in [1.82, 2.24) is 14.5 Å². The zero-order valence-electron chi connectivity index (χ0n) is 23.6. The topological polar surface area (TPSA) is 101 Å². The number of fused-ring (bicyclic) bond motifs is 1. The first-order valence-electron chi connectivity index (χ1n) is 14.4. The number of aryl methyl sites for hydroxylation is 1. The molecule has 11 heteroatoms. The van der Waals surface area contributed by atoms with E-state index in [1.807, 2.05) is 60.7 Å². The summed E-state index contributed by atoms with van der Waals surface area (Å²) in [6.07, 6.45) is 3.97. The molecule has 1 saturated heterocycles. The first kappa shape index (κ1) is 28.8. The van der Waals surface area contributed by atoms with E-state index in [0.29, 0.717) is 31.9 Å². The lowest BCUT2D eigenvalue weighted by atomic mass is 10.1. The minimum absolute atomic E-state index is 0.176. The van der Waals surface area contributed by atoms with Gasteiger partial charge in [-0.05, 0) is 77.4 Å². The Labute approximate surface area is 254 Å². The Balaban J connectivity index is 0.896. The summed E-state index contributed by atoms with van der Waals surface area (Å²) in [4.78, 5) is 16.8. The van der Waals surface area contributed by atoms with Gasteiger partial charge in [0.2, 0.25) is 0 Å². The van der Waals surface area contributed by atoms with Gasteiger partial charge >= 0.3 is 11.8 Å². The zero-order valence-corrected chi connectivity index (χ0v) is 24.4. The molecule has 3 heterocycles. The summed E-state index contributed by atoms with van der Waals surface area (Å²) in [5.74, 6) is 2.18. The zero-order chi connectivity index (χ0) is 29.6. The molecule has 0 N–H and O–H groups in total. The molecule has 1 atom stereocenters. The molecule has 0 bridgehead atoms. The highest BCUT2D eigenvalue weighted by Gasteiger charge is 2.28. The number of imidazole rings is 1. The van der Waals surface area contributed by atoms with Crippen LogP contribution in [0.25, 0.3) is 0 Å². The van der Waals surface area contributed by atoms with Gasteiger partial charge in [0, 0.05) is 42.6 Å². The van der Waals surface area contributed by atoms with E-state index in [2.05, 4.69) is 22.0 Å². The molecule has 2 aliphatic rings. The highest BCUT2D eigenvalue weighted by Crippen LogP contribution is 2.26. The Hall–Kier alpha value is -4.28. The lowest BCUT2D eigenvalue weighted by Gasteiger charge is -2.32. The summed E-state index contributed by atoms with van der Waals surface area (Å²) in [7, 11) is 0. The van der Waals surface area contributed by atoms with E-state index in [-0.39, 0.29) is 24.0 Å². The molecule has 1 unspecified atom stereocenters. The van der Waals surface area contributed by atoms with Crippen LogP contribution in [0.3, 0.4) is 0 Å². The maximum Gasteiger partial charge on any atom is 0.414 e. The fraction of sp³-hybridized carbons (Fsp3) is 0.344. The second kappa shape index (κ2) is 13.4. The fourth-order valence-electron chi connectivity index (χ4n) is 5.21. The van der Waals surface area contributed by atoms with Crippen molar-refractivity contribution in [2.45, 2.75) is 51.2 Å². The van der Waals surface area contributed by atoms with Gasteiger partial charge in [0.25, 0.3) is 0 Å². The molecule has 10 nitrogen and oxygen atoms in total. The van der Waals surface area contributed by atoms with E-state index in [1.54, 1.807) is 4.57 Å². The average Bonchev–Trinajstić information content (AvgIpc) is 3.46. The maximum absolute atomic E-state index is 10.9. The molecule has 0 radical (unpaired) electrons. The van der Waals surface area contributed by atoms with Gasteiger partial charge < -0.3 is 29.1 Å². The largest absolute Gasteiger partial charge is 0.490 e. The Morgan fingerprint density at radius 3 is 2.23 bits per heavy atom. The summed E-state index contributed by atoms with van der Waals surface area (Å²) in [5.41, 5.74) is 2.35. The molecule has 0 amide bonds. The standard InChI is InChI=1S/C32H33ClN4O6/c33-25-5-1-24(2-6-25)21-40-26-7-3-23(4-8-26)19-35-16-13-29(14-17-35)42-28-11-9-27(10-12-28)41-22-30-15-18-36-20-31(37(38)39)34-32(36)43-30/h1-12,20,29-30H,13-19,21-22H2. The second-order valence-electron chi connectivity index (χ2n) is 10.8. The van der Waals surface area contributed by atoms with E-state index in [1.165, 1.54) is 11.8 Å². The first-order valence-corrected chi connectivity index (χ1v) is 14.8. The smallest absolute Gasteiger partial charge is 0.414 e. The highest BCUT2D eigenvalue weighted by molar-refractivity contribution is 6.30.